The summed E-state index contributed by atoms with van der Waals surface area (Å²) in [5, 5.41) is 12.6. The van der Waals surface area contributed by atoms with Gasteiger partial charge in [0, 0.05) is 11.6 Å². The lowest BCUT2D eigenvalue weighted by atomic mass is 10.1. The van der Waals surface area contributed by atoms with Gasteiger partial charge in [0.25, 0.3) is 0 Å². The Bertz CT molecular complexity index is 743. The van der Waals surface area contributed by atoms with E-state index in [2.05, 4.69) is 34.4 Å². The lowest BCUT2D eigenvalue weighted by molar-refractivity contribution is 0.816. The third kappa shape index (κ3) is 2.25. The van der Waals surface area contributed by atoms with Gasteiger partial charge < -0.3 is 5.73 Å². The van der Waals surface area contributed by atoms with E-state index in [9.17, 15) is 0 Å². The van der Waals surface area contributed by atoms with Crippen molar-refractivity contribution in [1.82, 2.24) is 20.0 Å². The number of anilines is 1. The molecule has 1 aromatic carbocycles. The molecule has 3 aromatic rings. The van der Waals surface area contributed by atoms with Gasteiger partial charge in [-0.25, -0.2) is 0 Å². The topological polar surface area (TPSA) is 69.6 Å². The molecule has 2 aromatic heterocycles. The van der Waals surface area contributed by atoms with Gasteiger partial charge in [0.1, 0.15) is 5.82 Å². The Balaban J connectivity index is 2.05. The van der Waals surface area contributed by atoms with Crippen LogP contribution in [0.1, 0.15) is 11.3 Å². The number of nitrogens with zero attached hydrogens (tertiary/aromatic N) is 4. The minimum Gasteiger partial charge on any atom is -0.384 e. The van der Waals surface area contributed by atoms with E-state index >= 15 is 0 Å². The van der Waals surface area contributed by atoms with E-state index in [0.29, 0.717) is 11.6 Å². The minimum absolute atomic E-state index is 0.541. The molecule has 0 saturated heterocycles. The third-order valence-corrected chi connectivity index (χ3v) is 3.05. The summed E-state index contributed by atoms with van der Waals surface area (Å²) in [6, 6.07) is 13.7. The van der Waals surface area contributed by atoms with Gasteiger partial charge in [0.2, 0.25) is 0 Å². The molecular weight excluding hydrogens is 250 g/mol. The van der Waals surface area contributed by atoms with Crippen LogP contribution in [-0.2, 0) is 0 Å². The first kappa shape index (κ1) is 12.3. The van der Waals surface area contributed by atoms with Crippen LogP contribution < -0.4 is 5.73 Å². The summed E-state index contributed by atoms with van der Waals surface area (Å²) in [7, 11) is 0. The van der Waals surface area contributed by atoms with Gasteiger partial charge in [-0.15, -0.1) is 5.10 Å². The number of rotatable bonds is 2. The van der Waals surface area contributed by atoms with Crippen molar-refractivity contribution in [1.29, 1.82) is 0 Å². The Hall–Kier alpha value is -2.69. The molecule has 0 atom stereocenters. The summed E-state index contributed by atoms with van der Waals surface area (Å²) in [4.78, 5) is 0. The normalized spacial score (nSPS) is 10.7. The molecule has 0 aliphatic rings. The molecule has 2 N–H and O–H groups in total. The quantitative estimate of drug-likeness (QED) is 0.773. The van der Waals surface area contributed by atoms with Crippen molar-refractivity contribution in [3.8, 4) is 17.1 Å². The zero-order chi connectivity index (χ0) is 14.1. The fourth-order valence-electron chi connectivity index (χ4n) is 2.03. The molecule has 0 spiro atoms. The number of nitrogens with two attached hydrogens (primary N) is 1. The molecule has 5 heteroatoms. The number of hydrogen-bond donors (Lipinski definition) is 1. The summed E-state index contributed by atoms with van der Waals surface area (Å²) in [5.74, 6) is 1.16. The Morgan fingerprint density at radius 1 is 1.00 bits per heavy atom. The average molecular weight is 265 g/mol. The van der Waals surface area contributed by atoms with E-state index in [0.717, 1.165) is 17.0 Å². The van der Waals surface area contributed by atoms with Crippen molar-refractivity contribution in [2.24, 2.45) is 0 Å². The first-order chi connectivity index (χ1) is 9.63. The maximum Gasteiger partial charge on any atom is 0.178 e. The zero-order valence-corrected chi connectivity index (χ0v) is 11.4. The van der Waals surface area contributed by atoms with E-state index in [-0.39, 0.29) is 0 Å². The van der Waals surface area contributed by atoms with Gasteiger partial charge in [-0.2, -0.15) is 14.9 Å². The molecule has 100 valence electrons. The Labute approximate surface area is 117 Å². The molecule has 0 bridgehead atoms. The molecular formula is C15H15N5. The van der Waals surface area contributed by atoms with Crippen molar-refractivity contribution in [2.45, 2.75) is 13.8 Å². The highest BCUT2D eigenvalue weighted by Gasteiger charge is 2.10. The van der Waals surface area contributed by atoms with Crippen LogP contribution in [-0.4, -0.2) is 20.0 Å². The van der Waals surface area contributed by atoms with Crippen molar-refractivity contribution < 1.29 is 0 Å². The largest absolute Gasteiger partial charge is 0.384 e. The number of hydrogen-bond acceptors (Lipinski definition) is 4. The van der Waals surface area contributed by atoms with Crippen LogP contribution in [0.5, 0.6) is 0 Å². The Morgan fingerprint density at radius 2 is 1.85 bits per heavy atom. The SMILES string of the molecule is Cc1cccc(-c2cc(N)n(-c3ccc(C)nn3)n2)c1. The fourth-order valence-corrected chi connectivity index (χ4v) is 2.03. The van der Waals surface area contributed by atoms with E-state index in [1.54, 1.807) is 4.68 Å². The van der Waals surface area contributed by atoms with Crippen LogP contribution >= 0.6 is 0 Å². The molecule has 5 nitrogen and oxygen atoms in total. The molecule has 0 aliphatic heterocycles. The van der Waals surface area contributed by atoms with Crippen molar-refractivity contribution >= 4 is 5.82 Å². The molecule has 2 heterocycles. The van der Waals surface area contributed by atoms with E-state index < -0.39 is 0 Å². The van der Waals surface area contributed by atoms with Gasteiger partial charge in [-0.3, -0.25) is 0 Å². The second-order valence-electron chi connectivity index (χ2n) is 4.77. The highest BCUT2D eigenvalue weighted by molar-refractivity contribution is 5.63. The molecule has 0 saturated carbocycles. The minimum atomic E-state index is 0.541. The lowest BCUT2D eigenvalue weighted by Gasteiger charge is -2.01. The fraction of sp³-hybridized carbons (Fsp3) is 0.133. The smallest absolute Gasteiger partial charge is 0.178 e. The number of aryl methyl sites for hydroxylation is 2. The molecule has 3 rings (SSSR count). The molecule has 0 fully saturated rings. The van der Waals surface area contributed by atoms with Crippen LogP contribution in [0.3, 0.4) is 0 Å². The van der Waals surface area contributed by atoms with Crippen LogP contribution in [0.15, 0.2) is 42.5 Å². The maximum absolute atomic E-state index is 6.02. The highest BCUT2D eigenvalue weighted by Crippen LogP contribution is 2.22. The second-order valence-corrected chi connectivity index (χ2v) is 4.77. The summed E-state index contributed by atoms with van der Waals surface area (Å²) in [6.45, 7) is 3.94. The van der Waals surface area contributed by atoms with E-state index in [1.807, 2.05) is 37.3 Å². The number of benzene rings is 1. The average Bonchev–Trinajstić information content (AvgIpc) is 2.82. The number of nitrogen functional groups attached to an aromatic ring is 1. The predicted molar refractivity (Wildman–Crippen MR) is 78.5 cm³/mol. The zero-order valence-electron chi connectivity index (χ0n) is 11.4. The summed E-state index contributed by atoms with van der Waals surface area (Å²) >= 11 is 0. The maximum atomic E-state index is 6.02. The number of aromatic nitrogens is 4. The molecule has 0 amide bonds. The highest BCUT2D eigenvalue weighted by atomic mass is 15.4. The van der Waals surface area contributed by atoms with Crippen LogP contribution in [0.4, 0.5) is 5.82 Å². The molecule has 0 aliphatic carbocycles. The van der Waals surface area contributed by atoms with Crippen molar-refractivity contribution in [3.63, 3.8) is 0 Å². The van der Waals surface area contributed by atoms with Crippen LogP contribution in [0.25, 0.3) is 17.1 Å². The summed E-state index contributed by atoms with van der Waals surface area (Å²) in [5.41, 5.74) is 9.93. The van der Waals surface area contributed by atoms with Crippen molar-refractivity contribution in [2.75, 3.05) is 5.73 Å². The summed E-state index contributed by atoms with van der Waals surface area (Å²) < 4.78 is 1.60. The molecule has 20 heavy (non-hydrogen) atoms. The summed E-state index contributed by atoms with van der Waals surface area (Å²) in [6.07, 6.45) is 0. The molecule has 0 unspecified atom stereocenters. The van der Waals surface area contributed by atoms with Gasteiger partial charge in [-0.05, 0) is 32.0 Å². The first-order valence-corrected chi connectivity index (χ1v) is 6.37. The standard InChI is InChI=1S/C15H15N5/c1-10-4-3-5-12(8-10)13-9-14(16)20(19-13)15-7-6-11(2)17-18-15/h3-9H,16H2,1-2H3. The third-order valence-electron chi connectivity index (χ3n) is 3.05. The van der Waals surface area contributed by atoms with Gasteiger partial charge in [0.05, 0.1) is 11.4 Å². The monoisotopic (exact) mass is 265 g/mol. The predicted octanol–water partition coefficient (Wildman–Crippen LogP) is 2.53. The van der Waals surface area contributed by atoms with Gasteiger partial charge in [-0.1, -0.05) is 23.8 Å². The van der Waals surface area contributed by atoms with E-state index in [1.165, 1.54) is 5.56 Å². The van der Waals surface area contributed by atoms with Crippen LogP contribution in [0, 0.1) is 13.8 Å². The second kappa shape index (κ2) is 4.77. The Morgan fingerprint density at radius 3 is 2.55 bits per heavy atom. The molecule has 0 radical (unpaired) electrons. The first-order valence-electron chi connectivity index (χ1n) is 6.37. The van der Waals surface area contributed by atoms with Gasteiger partial charge >= 0.3 is 0 Å². The van der Waals surface area contributed by atoms with Crippen LogP contribution in [0.2, 0.25) is 0 Å². The van der Waals surface area contributed by atoms with E-state index in [4.69, 9.17) is 5.73 Å². The van der Waals surface area contributed by atoms with Crippen molar-refractivity contribution in [3.05, 3.63) is 53.7 Å². The lowest BCUT2D eigenvalue weighted by Crippen LogP contribution is -2.05. The Kier molecular flexibility index (Phi) is 2.95. The van der Waals surface area contributed by atoms with Gasteiger partial charge in [0.15, 0.2) is 5.82 Å².